The van der Waals surface area contributed by atoms with Crippen molar-refractivity contribution in [1.29, 1.82) is 0 Å². The number of carboxylic acids is 1. The van der Waals surface area contributed by atoms with Crippen LogP contribution in [0.5, 0.6) is 5.75 Å². The van der Waals surface area contributed by atoms with Crippen LogP contribution in [-0.2, 0) is 14.8 Å². The minimum Gasteiger partial charge on any atom is -0.495 e. The third-order valence-electron chi connectivity index (χ3n) is 3.52. The van der Waals surface area contributed by atoms with Gasteiger partial charge in [-0.15, -0.1) is 0 Å². The molecule has 2 rings (SSSR count). The summed E-state index contributed by atoms with van der Waals surface area (Å²) >= 11 is 3.23. The highest BCUT2D eigenvalue weighted by molar-refractivity contribution is 9.10. The van der Waals surface area contributed by atoms with Crippen LogP contribution in [0.3, 0.4) is 0 Å². The van der Waals surface area contributed by atoms with Gasteiger partial charge in [-0.05, 0) is 37.5 Å². The molecular formula is C13H16BrNO5S. The fourth-order valence-electron chi connectivity index (χ4n) is 2.46. The quantitative estimate of drug-likeness (QED) is 0.818. The van der Waals surface area contributed by atoms with Gasteiger partial charge in [0.25, 0.3) is 0 Å². The Kier molecular flexibility index (Phi) is 4.90. The summed E-state index contributed by atoms with van der Waals surface area (Å²) in [5.74, 6) is -1.11. The zero-order valence-electron chi connectivity index (χ0n) is 11.4. The number of carbonyl (C=O) groups is 1. The van der Waals surface area contributed by atoms with E-state index in [4.69, 9.17) is 9.84 Å². The van der Waals surface area contributed by atoms with Gasteiger partial charge < -0.3 is 9.84 Å². The van der Waals surface area contributed by atoms with Gasteiger partial charge in [0.2, 0.25) is 10.0 Å². The maximum atomic E-state index is 12.4. The molecule has 6 nitrogen and oxygen atoms in total. The third kappa shape index (κ3) is 3.75. The summed E-state index contributed by atoms with van der Waals surface area (Å²) in [6, 6.07) is 4.35. The first-order chi connectivity index (χ1) is 9.83. The van der Waals surface area contributed by atoms with Crippen LogP contribution < -0.4 is 9.46 Å². The molecule has 0 radical (unpaired) electrons. The zero-order chi connectivity index (χ0) is 15.6. The molecule has 2 N–H and O–H groups in total. The molecule has 0 aromatic heterocycles. The lowest BCUT2D eigenvalue weighted by molar-refractivity contribution is -0.141. The number of sulfonamides is 1. The second kappa shape index (κ2) is 6.33. The Bertz CT molecular complexity index is 646. The number of halogens is 1. The van der Waals surface area contributed by atoms with Crippen LogP contribution in [0.25, 0.3) is 0 Å². The Hall–Kier alpha value is -1.12. The SMILES string of the molecule is COc1ccc(Br)cc1S(=O)(=O)N[C@H]1CC[C@@H](C(=O)O)C1. The Morgan fingerprint density at radius 2 is 2.14 bits per heavy atom. The number of ether oxygens (including phenoxy) is 1. The van der Waals surface area contributed by atoms with Crippen molar-refractivity contribution in [2.75, 3.05) is 7.11 Å². The minimum atomic E-state index is -3.76. The molecular weight excluding hydrogens is 362 g/mol. The number of aliphatic carboxylic acids is 1. The monoisotopic (exact) mass is 377 g/mol. The summed E-state index contributed by atoms with van der Waals surface area (Å²) in [6.45, 7) is 0. The molecule has 0 amide bonds. The van der Waals surface area contributed by atoms with Crippen molar-refractivity contribution < 1.29 is 23.1 Å². The molecule has 0 aliphatic heterocycles. The first-order valence-electron chi connectivity index (χ1n) is 6.42. The maximum Gasteiger partial charge on any atom is 0.306 e. The van der Waals surface area contributed by atoms with Gasteiger partial charge in [-0.3, -0.25) is 4.79 Å². The van der Waals surface area contributed by atoms with Crippen LogP contribution in [-0.4, -0.2) is 32.6 Å². The van der Waals surface area contributed by atoms with Crippen molar-refractivity contribution in [2.24, 2.45) is 5.92 Å². The number of carboxylic acid groups (broad SMARTS) is 1. The number of methoxy groups -OCH3 is 1. The predicted octanol–water partition coefficient (Wildman–Crippen LogP) is 1.99. The van der Waals surface area contributed by atoms with E-state index in [0.29, 0.717) is 23.7 Å². The van der Waals surface area contributed by atoms with E-state index in [1.165, 1.54) is 13.2 Å². The first-order valence-corrected chi connectivity index (χ1v) is 8.70. The van der Waals surface area contributed by atoms with Crippen LogP contribution in [0, 0.1) is 5.92 Å². The van der Waals surface area contributed by atoms with Crippen LogP contribution in [0.15, 0.2) is 27.6 Å². The summed E-state index contributed by atoms with van der Waals surface area (Å²) in [4.78, 5) is 11.0. The van der Waals surface area contributed by atoms with Crippen LogP contribution in [0.2, 0.25) is 0 Å². The molecule has 116 valence electrons. The van der Waals surface area contributed by atoms with Crippen molar-refractivity contribution in [3.05, 3.63) is 22.7 Å². The van der Waals surface area contributed by atoms with Crippen molar-refractivity contribution >= 4 is 31.9 Å². The summed E-state index contributed by atoms with van der Waals surface area (Å²) in [6.07, 6.45) is 1.32. The van der Waals surface area contributed by atoms with Crippen molar-refractivity contribution in [1.82, 2.24) is 4.72 Å². The highest BCUT2D eigenvalue weighted by atomic mass is 79.9. The number of nitrogens with one attached hydrogen (secondary N) is 1. The molecule has 1 aromatic rings. The number of hydrogen-bond donors (Lipinski definition) is 2. The van der Waals surface area contributed by atoms with Crippen molar-refractivity contribution in [3.8, 4) is 5.75 Å². The topological polar surface area (TPSA) is 92.7 Å². The molecule has 2 atom stereocenters. The molecule has 1 aromatic carbocycles. The maximum absolute atomic E-state index is 12.4. The van der Waals surface area contributed by atoms with E-state index >= 15 is 0 Å². The highest BCUT2D eigenvalue weighted by Crippen LogP contribution is 2.30. The van der Waals surface area contributed by atoms with Gasteiger partial charge in [-0.25, -0.2) is 13.1 Å². The highest BCUT2D eigenvalue weighted by Gasteiger charge is 2.33. The zero-order valence-corrected chi connectivity index (χ0v) is 13.8. The molecule has 1 aliphatic carbocycles. The Morgan fingerprint density at radius 1 is 1.43 bits per heavy atom. The summed E-state index contributed by atoms with van der Waals surface area (Å²) in [5.41, 5.74) is 0. The normalized spacial score (nSPS) is 22.2. The average molecular weight is 378 g/mol. The van der Waals surface area contributed by atoms with Crippen LogP contribution in [0.4, 0.5) is 0 Å². The lowest BCUT2D eigenvalue weighted by Gasteiger charge is -2.15. The molecule has 0 heterocycles. The molecule has 1 saturated carbocycles. The van der Waals surface area contributed by atoms with Gasteiger partial charge in [0.15, 0.2) is 0 Å². The molecule has 1 aliphatic rings. The van der Waals surface area contributed by atoms with Gasteiger partial charge in [0.05, 0.1) is 13.0 Å². The van der Waals surface area contributed by atoms with E-state index in [2.05, 4.69) is 20.7 Å². The summed E-state index contributed by atoms with van der Waals surface area (Å²) in [5, 5.41) is 8.96. The molecule has 8 heteroatoms. The fraction of sp³-hybridized carbons (Fsp3) is 0.462. The van der Waals surface area contributed by atoms with E-state index in [1.807, 2.05) is 0 Å². The smallest absolute Gasteiger partial charge is 0.306 e. The third-order valence-corrected chi connectivity index (χ3v) is 5.55. The van der Waals surface area contributed by atoms with Gasteiger partial charge in [0.1, 0.15) is 10.6 Å². The molecule has 0 saturated heterocycles. The molecule has 0 unspecified atom stereocenters. The number of benzene rings is 1. The van der Waals surface area contributed by atoms with Crippen LogP contribution >= 0.6 is 15.9 Å². The lowest BCUT2D eigenvalue weighted by atomic mass is 10.1. The van der Waals surface area contributed by atoms with Gasteiger partial charge in [-0.2, -0.15) is 0 Å². The summed E-state index contributed by atoms with van der Waals surface area (Å²) in [7, 11) is -2.35. The number of hydrogen-bond acceptors (Lipinski definition) is 4. The van der Waals surface area contributed by atoms with E-state index < -0.39 is 21.9 Å². The van der Waals surface area contributed by atoms with E-state index in [1.54, 1.807) is 12.1 Å². The number of rotatable bonds is 5. The first kappa shape index (κ1) is 16.3. The second-order valence-electron chi connectivity index (χ2n) is 4.96. The largest absolute Gasteiger partial charge is 0.495 e. The molecule has 1 fully saturated rings. The fourth-order valence-corrected chi connectivity index (χ4v) is 4.45. The molecule has 21 heavy (non-hydrogen) atoms. The average Bonchev–Trinajstić information content (AvgIpc) is 2.86. The van der Waals surface area contributed by atoms with Gasteiger partial charge in [-0.1, -0.05) is 15.9 Å². The van der Waals surface area contributed by atoms with Crippen molar-refractivity contribution in [2.45, 2.75) is 30.2 Å². The summed E-state index contributed by atoms with van der Waals surface area (Å²) < 4.78 is 33.1. The molecule has 0 bridgehead atoms. The van der Waals surface area contributed by atoms with Crippen molar-refractivity contribution in [3.63, 3.8) is 0 Å². The van der Waals surface area contributed by atoms with Gasteiger partial charge >= 0.3 is 5.97 Å². The molecule has 0 spiro atoms. The van der Waals surface area contributed by atoms with Crippen LogP contribution in [0.1, 0.15) is 19.3 Å². The van der Waals surface area contributed by atoms with E-state index in [-0.39, 0.29) is 16.7 Å². The van der Waals surface area contributed by atoms with E-state index in [0.717, 1.165) is 0 Å². The Balaban J connectivity index is 2.20. The lowest BCUT2D eigenvalue weighted by Crippen LogP contribution is -2.33. The van der Waals surface area contributed by atoms with Gasteiger partial charge in [0, 0.05) is 10.5 Å². The Labute approximate surface area is 131 Å². The minimum absolute atomic E-state index is 0.0400. The predicted molar refractivity (Wildman–Crippen MR) is 79.8 cm³/mol. The Morgan fingerprint density at radius 3 is 2.71 bits per heavy atom. The second-order valence-corrected chi connectivity index (χ2v) is 7.56. The standard InChI is InChI=1S/C13H16BrNO5S/c1-20-11-5-3-9(14)7-12(11)21(18,19)15-10-4-2-8(6-10)13(16)17/h3,5,7-8,10,15H,2,4,6H2,1H3,(H,16,17)/t8-,10+/m1/s1. The van der Waals surface area contributed by atoms with E-state index in [9.17, 15) is 13.2 Å².